The Labute approximate surface area is 244 Å². The third kappa shape index (κ3) is 6.15. The van der Waals surface area contributed by atoms with Crippen molar-refractivity contribution in [2.24, 2.45) is 0 Å². The van der Waals surface area contributed by atoms with Crippen molar-refractivity contribution in [3.63, 3.8) is 0 Å². The maximum absolute atomic E-state index is 9.89. The molecule has 0 heterocycles. The third-order valence-electron chi connectivity index (χ3n) is 8.44. The van der Waals surface area contributed by atoms with Gasteiger partial charge in [0.05, 0.1) is 0 Å². The lowest BCUT2D eigenvalue weighted by Crippen LogP contribution is -2.24. The van der Waals surface area contributed by atoms with Crippen molar-refractivity contribution in [1.29, 1.82) is 0 Å². The Kier molecular flexibility index (Phi) is 8.16. The minimum Gasteiger partial charge on any atom is -0.508 e. The van der Waals surface area contributed by atoms with Gasteiger partial charge in [-0.1, -0.05) is 68.4 Å². The largest absolute Gasteiger partial charge is 0.508 e. The minimum atomic E-state index is -0.286. The molecule has 0 aliphatic rings. The SMILES string of the molecule is CCc1cccc(N(c2ccc(CCC(C)(c3ccc(O)cc3)c3ccc(O)cc3)cc2)c2ccc(C)c(C)c2)c1. The zero-order valence-corrected chi connectivity index (χ0v) is 24.4. The summed E-state index contributed by atoms with van der Waals surface area (Å²) in [5, 5.41) is 19.8. The number of anilines is 3. The fourth-order valence-corrected chi connectivity index (χ4v) is 5.55. The monoisotopic (exact) mass is 541 g/mol. The predicted molar refractivity (Wildman–Crippen MR) is 171 cm³/mol. The lowest BCUT2D eigenvalue weighted by atomic mass is 9.72. The van der Waals surface area contributed by atoms with Gasteiger partial charge in [0.2, 0.25) is 0 Å². The fourth-order valence-electron chi connectivity index (χ4n) is 5.55. The van der Waals surface area contributed by atoms with E-state index in [4.69, 9.17) is 0 Å². The number of phenols is 2. The second kappa shape index (κ2) is 11.9. The lowest BCUT2D eigenvalue weighted by Gasteiger charge is -2.31. The Balaban J connectivity index is 1.45. The summed E-state index contributed by atoms with van der Waals surface area (Å²) in [4.78, 5) is 2.34. The van der Waals surface area contributed by atoms with Gasteiger partial charge in [-0.05, 0) is 127 Å². The number of aryl methyl sites for hydroxylation is 4. The van der Waals surface area contributed by atoms with Crippen molar-refractivity contribution < 1.29 is 10.2 Å². The van der Waals surface area contributed by atoms with Crippen molar-refractivity contribution in [3.8, 4) is 11.5 Å². The summed E-state index contributed by atoms with van der Waals surface area (Å²) in [7, 11) is 0. The highest BCUT2D eigenvalue weighted by atomic mass is 16.3. The summed E-state index contributed by atoms with van der Waals surface area (Å²) in [6.07, 6.45) is 2.75. The molecule has 0 saturated carbocycles. The summed E-state index contributed by atoms with van der Waals surface area (Å²) in [6.45, 7) is 8.75. The number of hydrogen-bond acceptors (Lipinski definition) is 3. The molecule has 0 aromatic heterocycles. The van der Waals surface area contributed by atoms with Crippen molar-refractivity contribution in [3.05, 3.63) is 149 Å². The molecule has 41 heavy (non-hydrogen) atoms. The van der Waals surface area contributed by atoms with Crippen LogP contribution < -0.4 is 4.90 Å². The van der Waals surface area contributed by atoms with Crippen LogP contribution in [0.4, 0.5) is 17.1 Å². The number of rotatable bonds is 9. The molecule has 0 fully saturated rings. The highest BCUT2D eigenvalue weighted by Crippen LogP contribution is 2.39. The van der Waals surface area contributed by atoms with Gasteiger partial charge in [-0.25, -0.2) is 0 Å². The first kappa shape index (κ1) is 28.0. The first-order valence-electron chi connectivity index (χ1n) is 14.4. The average molecular weight is 542 g/mol. The van der Waals surface area contributed by atoms with Crippen LogP contribution in [0.2, 0.25) is 0 Å². The molecule has 3 heteroatoms. The van der Waals surface area contributed by atoms with Crippen molar-refractivity contribution in [1.82, 2.24) is 0 Å². The van der Waals surface area contributed by atoms with Crippen molar-refractivity contribution >= 4 is 17.1 Å². The number of benzene rings is 5. The lowest BCUT2D eigenvalue weighted by molar-refractivity contribution is 0.470. The number of hydrogen-bond donors (Lipinski definition) is 2. The molecular formula is C38H39NO2. The standard InChI is InChI=1S/C38H39NO2/c1-5-29-7-6-8-34(26-29)39(35-16-9-27(2)28(3)25-35)33-17-10-30(11-18-33)23-24-38(4,31-12-19-36(40)20-13-31)32-14-21-37(41)22-15-32/h6-22,25-26,40-41H,5,23-24H2,1-4H3. The van der Waals surface area contributed by atoms with Gasteiger partial charge in [0.15, 0.2) is 0 Å². The van der Waals surface area contributed by atoms with E-state index in [9.17, 15) is 10.2 Å². The number of phenolic OH excluding ortho intramolecular Hbond substituents is 2. The van der Waals surface area contributed by atoms with Crippen molar-refractivity contribution in [2.45, 2.75) is 52.4 Å². The maximum atomic E-state index is 9.89. The quantitative estimate of drug-likeness (QED) is 0.195. The van der Waals surface area contributed by atoms with Gasteiger partial charge in [-0.2, -0.15) is 0 Å². The van der Waals surface area contributed by atoms with E-state index >= 15 is 0 Å². The van der Waals surface area contributed by atoms with Gasteiger partial charge in [-0.15, -0.1) is 0 Å². The van der Waals surface area contributed by atoms with E-state index in [1.165, 1.54) is 22.3 Å². The van der Waals surface area contributed by atoms with Crippen LogP contribution >= 0.6 is 0 Å². The molecule has 0 amide bonds. The van der Waals surface area contributed by atoms with Gasteiger partial charge in [0.1, 0.15) is 11.5 Å². The van der Waals surface area contributed by atoms with Gasteiger partial charge < -0.3 is 15.1 Å². The zero-order chi connectivity index (χ0) is 29.0. The van der Waals surface area contributed by atoms with Crippen LogP contribution in [-0.2, 0) is 18.3 Å². The average Bonchev–Trinajstić information content (AvgIpc) is 2.99. The molecule has 0 spiro atoms. The summed E-state index contributed by atoms with van der Waals surface area (Å²) >= 11 is 0. The number of aromatic hydroxyl groups is 2. The van der Waals surface area contributed by atoms with E-state index in [-0.39, 0.29) is 16.9 Å². The maximum Gasteiger partial charge on any atom is 0.115 e. The molecule has 0 bridgehead atoms. The third-order valence-corrected chi connectivity index (χ3v) is 8.44. The van der Waals surface area contributed by atoms with Crippen LogP contribution in [0.1, 0.15) is 53.6 Å². The molecule has 0 unspecified atom stereocenters. The molecule has 2 N–H and O–H groups in total. The Bertz CT molecular complexity index is 1560. The minimum absolute atomic E-state index is 0.259. The van der Waals surface area contributed by atoms with Crippen LogP contribution in [0, 0.1) is 13.8 Å². The second-order valence-corrected chi connectivity index (χ2v) is 11.2. The smallest absolute Gasteiger partial charge is 0.115 e. The van der Waals surface area contributed by atoms with E-state index in [1.54, 1.807) is 24.3 Å². The normalized spacial score (nSPS) is 11.4. The van der Waals surface area contributed by atoms with Crippen LogP contribution in [0.3, 0.4) is 0 Å². The first-order chi connectivity index (χ1) is 19.8. The van der Waals surface area contributed by atoms with Crippen molar-refractivity contribution in [2.75, 3.05) is 4.90 Å². The zero-order valence-electron chi connectivity index (χ0n) is 24.4. The van der Waals surface area contributed by atoms with Gasteiger partial charge in [0.25, 0.3) is 0 Å². The van der Waals surface area contributed by atoms with E-state index in [0.717, 1.165) is 47.5 Å². The van der Waals surface area contributed by atoms with Crippen LogP contribution in [0.15, 0.2) is 115 Å². The molecule has 208 valence electrons. The topological polar surface area (TPSA) is 43.7 Å². The molecule has 5 aromatic carbocycles. The first-order valence-corrected chi connectivity index (χ1v) is 14.4. The molecule has 0 aliphatic heterocycles. The van der Waals surface area contributed by atoms with Gasteiger partial charge in [-0.3, -0.25) is 0 Å². The molecule has 5 aromatic rings. The Hall–Kier alpha value is -4.50. The van der Waals surface area contributed by atoms with E-state index in [1.807, 2.05) is 24.3 Å². The van der Waals surface area contributed by atoms with E-state index in [0.29, 0.717) is 0 Å². The second-order valence-electron chi connectivity index (χ2n) is 11.2. The Morgan fingerprint density at radius 3 is 1.71 bits per heavy atom. The summed E-state index contributed by atoms with van der Waals surface area (Å²) < 4.78 is 0. The highest BCUT2D eigenvalue weighted by Gasteiger charge is 2.29. The fraction of sp³-hybridized carbons (Fsp3) is 0.211. The van der Waals surface area contributed by atoms with Gasteiger partial charge >= 0.3 is 0 Å². The summed E-state index contributed by atoms with van der Waals surface area (Å²) in [6, 6.07) is 39.4. The highest BCUT2D eigenvalue weighted by molar-refractivity contribution is 5.77. The molecule has 5 rings (SSSR count). The molecular weight excluding hydrogens is 502 g/mol. The molecule has 0 aliphatic carbocycles. The molecule has 3 nitrogen and oxygen atoms in total. The number of nitrogens with zero attached hydrogens (tertiary/aromatic N) is 1. The predicted octanol–water partition coefficient (Wildman–Crippen LogP) is 9.69. The van der Waals surface area contributed by atoms with E-state index < -0.39 is 0 Å². The Morgan fingerprint density at radius 2 is 1.15 bits per heavy atom. The summed E-state index contributed by atoms with van der Waals surface area (Å²) in [5.41, 5.74) is 10.6. The van der Waals surface area contributed by atoms with E-state index in [2.05, 4.69) is 99.3 Å². The molecule has 0 saturated heterocycles. The van der Waals surface area contributed by atoms with Gasteiger partial charge in [0, 0.05) is 22.5 Å². The Morgan fingerprint density at radius 1 is 0.585 bits per heavy atom. The molecule has 0 atom stereocenters. The van der Waals surface area contributed by atoms with Crippen LogP contribution in [-0.4, -0.2) is 10.2 Å². The van der Waals surface area contributed by atoms with Crippen LogP contribution in [0.5, 0.6) is 11.5 Å². The summed E-state index contributed by atoms with van der Waals surface area (Å²) in [5.74, 6) is 0.519. The van der Waals surface area contributed by atoms with Crippen LogP contribution in [0.25, 0.3) is 0 Å². The molecule has 0 radical (unpaired) electrons.